The van der Waals surface area contributed by atoms with Gasteiger partial charge in [-0.25, -0.2) is 0 Å². The highest BCUT2D eigenvalue weighted by Gasteiger charge is 2.22. The van der Waals surface area contributed by atoms with Gasteiger partial charge >= 0.3 is 0 Å². The number of nitrogens with zero attached hydrogens (tertiary/aromatic N) is 1. The third kappa shape index (κ3) is 2.66. The molecule has 0 aliphatic heterocycles. The van der Waals surface area contributed by atoms with Crippen molar-refractivity contribution in [3.05, 3.63) is 46.3 Å². The van der Waals surface area contributed by atoms with Crippen LogP contribution in [0.1, 0.15) is 57.4 Å². The van der Waals surface area contributed by atoms with Gasteiger partial charge in [-0.3, -0.25) is 14.7 Å². The van der Waals surface area contributed by atoms with E-state index in [1.165, 1.54) is 6.92 Å². The number of carbonyl (C=O) groups is 2. The average Bonchev–Trinajstić information content (AvgIpc) is 2.93. The molecule has 22 heavy (non-hydrogen) atoms. The highest BCUT2D eigenvalue weighted by atomic mass is 16.2. The van der Waals surface area contributed by atoms with Crippen LogP contribution in [0.15, 0.2) is 18.2 Å². The lowest BCUT2D eigenvalue weighted by atomic mass is 9.95. The lowest BCUT2D eigenvalue weighted by Gasteiger charge is -2.12. The molecule has 114 valence electrons. The van der Waals surface area contributed by atoms with Gasteiger partial charge in [0.05, 0.1) is 0 Å². The van der Waals surface area contributed by atoms with Crippen molar-refractivity contribution in [2.45, 2.75) is 39.5 Å². The van der Waals surface area contributed by atoms with Crippen molar-refractivity contribution in [3.8, 4) is 0 Å². The van der Waals surface area contributed by atoms with Crippen LogP contribution < -0.4 is 5.32 Å². The average molecular weight is 297 g/mol. The summed E-state index contributed by atoms with van der Waals surface area (Å²) >= 11 is 0. The number of nitrogens with one attached hydrogen (secondary N) is 2. The molecule has 5 heteroatoms. The van der Waals surface area contributed by atoms with Crippen LogP contribution in [0.2, 0.25) is 0 Å². The van der Waals surface area contributed by atoms with Gasteiger partial charge in [-0.15, -0.1) is 0 Å². The van der Waals surface area contributed by atoms with E-state index in [1.807, 2.05) is 13.0 Å². The molecule has 1 aliphatic rings. The molecule has 2 N–H and O–H groups in total. The molecule has 0 unspecified atom stereocenters. The standard InChI is InChI=1S/C17H19N3O2/c1-10-7-8-12(11(2)21)9-15(10)18-17(22)16-13-5-3-4-6-14(13)19-20-16/h7-9H,3-6H2,1-2H3,(H,18,22)(H,19,20). The summed E-state index contributed by atoms with van der Waals surface area (Å²) in [6, 6.07) is 5.32. The topological polar surface area (TPSA) is 74.8 Å². The minimum Gasteiger partial charge on any atom is -0.320 e. The minimum absolute atomic E-state index is 0.0207. The van der Waals surface area contributed by atoms with Crippen LogP contribution in [0.25, 0.3) is 0 Å². The predicted octanol–water partition coefficient (Wildman–Crippen LogP) is 3.05. The summed E-state index contributed by atoms with van der Waals surface area (Å²) in [6.07, 6.45) is 4.07. The van der Waals surface area contributed by atoms with Crippen molar-refractivity contribution in [1.82, 2.24) is 10.2 Å². The number of hydrogen-bond donors (Lipinski definition) is 2. The Morgan fingerprint density at radius 1 is 1.23 bits per heavy atom. The molecule has 0 saturated carbocycles. The van der Waals surface area contributed by atoms with Gasteiger partial charge in [-0.2, -0.15) is 5.10 Å². The Labute approximate surface area is 129 Å². The maximum atomic E-state index is 12.5. The normalized spacial score (nSPS) is 13.5. The second-order valence-electron chi connectivity index (χ2n) is 5.78. The molecule has 2 aromatic rings. The van der Waals surface area contributed by atoms with Gasteiger partial charge in [0.2, 0.25) is 0 Å². The summed E-state index contributed by atoms with van der Waals surface area (Å²) in [5.74, 6) is -0.240. The number of aromatic nitrogens is 2. The van der Waals surface area contributed by atoms with E-state index in [1.54, 1.807) is 12.1 Å². The molecule has 1 aromatic carbocycles. The van der Waals surface area contributed by atoms with Gasteiger partial charge in [0.25, 0.3) is 5.91 Å². The van der Waals surface area contributed by atoms with Gasteiger partial charge in [-0.1, -0.05) is 12.1 Å². The number of H-pyrrole nitrogens is 1. The fourth-order valence-electron chi connectivity index (χ4n) is 2.83. The minimum atomic E-state index is -0.219. The first-order valence-corrected chi connectivity index (χ1v) is 7.55. The Morgan fingerprint density at radius 3 is 2.77 bits per heavy atom. The predicted molar refractivity (Wildman–Crippen MR) is 84.4 cm³/mol. The summed E-state index contributed by atoms with van der Waals surface area (Å²) in [5, 5.41) is 10.0. The van der Waals surface area contributed by atoms with Crippen molar-refractivity contribution >= 4 is 17.4 Å². The third-order valence-electron chi connectivity index (χ3n) is 4.16. The highest BCUT2D eigenvalue weighted by molar-refractivity contribution is 6.05. The number of aromatic amines is 1. The first kappa shape index (κ1) is 14.5. The lowest BCUT2D eigenvalue weighted by Crippen LogP contribution is -2.16. The summed E-state index contributed by atoms with van der Waals surface area (Å²) < 4.78 is 0. The molecule has 0 bridgehead atoms. The molecule has 3 rings (SSSR count). The van der Waals surface area contributed by atoms with E-state index < -0.39 is 0 Å². The zero-order chi connectivity index (χ0) is 15.7. The van der Waals surface area contributed by atoms with Crippen molar-refractivity contribution in [2.24, 2.45) is 0 Å². The Morgan fingerprint density at radius 2 is 2.00 bits per heavy atom. The highest BCUT2D eigenvalue weighted by Crippen LogP contribution is 2.24. The smallest absolute Gasteiger partial charge is 0.276 e. The summed E-state index contributed by atoms with van der Waals surface area (Å²) in [6.45, 7) is 3.42. The Balaban J connectivity index is 1.87. The van der Waals surface area contributed by atoms with E-state index in [2.05, 4.69) is 15.5 Å². The van der Waals surface area contributed by atoms with E-state index in [0.29, 0.717) is 16.9 Å². The second kappa shape index (κ2) is 5.75. The molecule has 0 saturated heterocycles. The Bertz CT molecular complexity index is 746. The van der Waals surface area contributed by atoms with Crippen molar-refractivity contribution in [2.75, 3.05) is 5.32 Å². The molecule has 0 radical (unpaired) electrons. The summed E-state index contributed by atoms with van der Waals surface area (Å²) in [7, 11) is 0. The molecule has 0 fully saturated rings. The lowest BCUT2D eigenvalue weighted by molar-refractivity contribution is 0.100. The molecular formula is C17H19N3O2. The van der Waals surface area contributed by atoms with Crippen LogP contribution >= 0.6 is 0 Å². The van der Waals surface area contributed by atoms with Gasteiger partial charge in [-0.05, 0) is 51.2 Å². The molecule has 0 atom stereocenters. The molecule has 1 aliphatic carbocycles. The summed E-state index contributed by atoms with van der Waals surface area (Å²) in [4.78, 5) is 24.0. The van der Waals surface area contributed by atoms with E-state index in [9.17, 15) is 9.59 Å². The summed E-state index contributed by atoms with van der Waals surface area (Å²) in [5.41, 5.74) is 4.75. The van der Waals surface area contributed by atoms with Crippen LogP contribution in [0, 0.1) is 6.92 Å². The molecule has 1 amide bonds. The maximum Gasteiger partial charge on any atom is 0.276 e. The van der Waals surface area contributed by atoms with Gasteiger partial charge in [0.1, 0.15) is 0 Å². The fraction of sp³-hybridized carbons (Fsp3) is 0.353. The van der Waals surface area contributed by atoms with E-state index in [0.717, 1.165) is 42.5 Å². The second-order valence-corrected chi connectivity index (χ2v) is 5.78. The Kier molecular flexibility index (Phi) is 3.79. The Hall–Kier alpha value is -2.43. The van der Waals surface area contributed by atoms with Crippen molar-refractivity contribution < 1.29 is 9.59 Å². The van der Waals surface area contributed by atoms with E-state index in [4.69, 9.17) is 0 Å². The number of aryl methyl sites for hydroxylation is 2. The van der Waals surface area contributed by atoms with Gasteiger partial charge in [0, 0.05) is 22.5 Å². The largest absolute Gasteiger partial charge is 0.320 e. The number of hydrogen-bond acceptors (Lipinski definition) is 3. The van der Waals surface area contributed by atoms with Crippen LogP contribution in [0.3, 0.4) is 0 Å². The van der Waals surface area contributed by atoms with Crippen molar-refractivity contribution in [3.63, 3.8) is 0 Å². The van der Waals surface area contributed by atoms with Gasteiger partial charge < -0.3 is 5.32 Å². The van der Waals surface area contributed by atoms with E-state index >= 15 is 0 Å². The third-order valence-corrected chi connectivity index (χ3v) is 4.16. The molecule has 1 aromatic heterocycles. The maximum absolute atomic E-state index is 12.5. The SMILES string of the molecule is CC(=O)c1ccc(C)c(NC(=O)c2n[nH]c3c2CCCC3)c1. The molecular weight excluding hydrogens is 278 g/mol. The molecule has 0 spiro atoms. The fourth-order valence-corrected chi connectivity index (χ4v) is 2.83. The van der Waals surface area contributed by atoms with Crippen LogP contribution in [-0.2, 0) is 12.8 Å². The molecule has 5 nitrogen and oxygen atoms in total. The van der Waals surface area contributed by atoms with Crippen LogP contribution in [0.5, 0.6) is 0 Å². The quantitative estimate of drug-likeness (QED) is 0.855. The zero-order valence-electron chi connectivity index (χ0n) is 12.8. The van der Waals surface area contributed by atoms with Crippen LogP contribution in [-0.4, -0.2) is 21.9 Å². The zero-order valence-corrected chi connectivity index (χ0v) is 12.8. The number of rotatable bonds is 3. The first-order valence-electron chi connectivity index (χ1n) is 7.55. The first-order chi connectivity index (χ1) is 10.6. The number of carbonyl (C=O) groups excluding carboxylic acids is 2. The molecule has 1 heterocycles. The number of amides is 1. The van der Waals surface area contributed by atoms with Gasteiger partial charge in [0.15, 0.2) is 11.5 Å². The number of fused-ring (bicyclic) bond motifs is 1. The number of benzene rings is 1. The monoisotopic (exact) mass is 297 g/mol. The van der Waals surface area contributed by atoms with E-state index in [-0.39, 0.29) is 11.7 Å². The number of ketones is 1. The number of Topliss-reactive ketones (excluding diaryl/α,β-unsaturated/α-hetero) is 1. The number of anilines is 1. The van der Waals surface area contributed by atoms with Crippen molar-refractivity contribution in [1.29, 1.82) is 0 Å². The van der Waals surface area contributed by atoms with Crippen LogP contribution in [0.4, 0.5) is 5.69 Å².